The van der Waals surface area contributed by atoms with Gasteiger partial charge in [0.1, 0.15) is 5.01 Å². The van der Waals surface area contributed by atoms with Gasteiger partial charge in [-0.05, 0) is 19.9 Å². The summed E-state index contributed by atoms with van der Waals surface area (Å²) in [6, 6.07) is 1.01. The molecule has 2 aromatic rings. The van der Waals surface area contributed by atoms with Gasteiger partial charge in [0, 0.05) is 23.0 Å². The molecule has 0 saturated heterocycles. The molecule has 1 unspecified atom stereocenters. The van der Waals surface area contributed by atoms with Crippen molar-refractivity contribution in [1.29, 1.82) is 0 Å². The number of thiazole rings is 1. The number of aromatic nitrogens is 2. The van der Waals surface area contributed by atoms with Crippen LogP contribution in [0.25, 0.3) is 0 Å². The molecule has 104 valence electrons. The number of H-pyrrole nitrogens is 1. The van der Waals surface area contributed by atoms with Crippen molar-refractivity contribution in [3.05, 3.63) is 34.0 Å². The first-order valence-electron chi connectivity index (χ1n) is 5.65. The topological polar surface area (TPSA) is 95.1 Å². The van der Waals surface area contributed by atoms with Crippen LogP contribution in [-0.4, -0.2) is 23.5 Å². The number of hydrogen-bond acceptors (Lipinski definition) is 5. The minimum Gasteiger partial charge on any atom is -0.390 e. The van der Waals surface area contributed by atoms with E-state index < -0.39 is 16.1 Å². The Bertz CT molecular complexity index is 660. The number of aliphatic hydroxyl groups is 1. The van der Waals surface area contributed by atoms with Crippen LogP contribution in [0.4, 0.5) is 0 Å². The Hall–Kier alpha value is -1.22. The molecule has 0 saturated carbocycles. The summed E-state index contributed by atoms with van der Waals surface area (Å²) in [6.07, 6.45) is 3.07. The fourth-order valence-electron chi connectivity index (χ4n) is 1.59. The van der Waals surface area contributed by atoms with Crippen LogP contribution in [0, 0.1) is 6.92 Å². The molecular formula is C11H15N3O3S2. The Morgan fingerprint density at radius 2 is 2.32 bits per heavy atom. The van der Waals surface area contributed by atoms with Crippen molar-refractivity contribution in [1.82, 2.24) is 14.7 Å². The highest BCUT2D eigenvalue weighted by Gasteiger charge is 2.21. The normalized spacial score (nSPS) is 13.6. The van der Waals surface area contributed by atoms with Crippen molar-refractivity contribution >= 4 is 21.4 Å². The smallest absolute Gasteiger partial charge is 0.242 e. The van der Waals surface area contributed by atoms with Gasteiger partial charge in [-0.25, -0.2) is 18.1 Å². The molecule has 0 aliphatic rings. The highest BCUT2D eigenvalue weighted by Crippen LogP contribution is 2.21. The van der Waals surface area contributed by atoms with Crippen molar-refractivity contribution in [2.24, 2.45) is 0 Å². The number of sulfonamides is 1. The molecule has 6 nitrogen and oxygen atoms in total. The van der Waals surface area contributed by atoms with Crippen molar-refractivity contribution < 1.29 is 13.5 Å². The maximum absolute atomic E-state index is 12.1. The lowest BCUT2D eigenvalue weighted by molar-refractivity contribution is 0.277. The lowest BCUT2D eigenvalue weighted by atomic mass is 10.4. The van der Waals surface area contributed by atoms with Gasteiger partial charge in [-0.2, -0.15) is 0 Å². The molecule has 2 heterocycles. The van der Waals surface area contributed by atoms with E-state index in [2.05, 4.69) is 14.7 Å². The summed E-state index contributed by atoms with van der Waals surface area (Å²) in [5.74, 6) is 0. The summed E-state index contributed by atoms with van der Waals surface area (Å²) in [4.78, 5) is 8.00. The number of nitrogens with one attached hydrogen (secondary N) is 2. The first-order chi connectivity index (χ1) is 8.92. The van der Waals surface area contributed by atoms with Crippen molar-refractivity contribution in [3.8, 4) is 0 Å². The summed E-state index contributed by atoms with van der Waals surface area (Å²) >= 11 is 1.46. The number of nitrogens with zero attached hydrogens (tertiary/aromatic N) is 1. The molecule has 0 aliphatic heterocycles. The van der Waals surface area contributed by atoms with Crippen LogP contribution >= 0.6 is 11.3 Å². The molecule has 0 bridgehead atoms. The number of aromatic amines is 1. The zero-order valence-corrected chi connectivity index (χ0v) is 12.2. The molecule has 19 heavy (non-hydrogen) atoms. The van der Waals surface area contributed by atoms with Crippen LogP contribution in [0.5, 0.6) is 0 Å². The van der Waals surface area contributed by atoms with Gasteiger partial charge in [0.25, 0.3) is 0 Å². The fraction of sp³-hybridized carbons (Fsp3) is 0.364. The third kappa shape index (κ3) is 3.21. The second-order valence-electron chi connectivity index (χ2n) is 4.17. The Kier molecular flexibility index (Phi) is 4.04. The predicted molar refractivity (Wildman–Crippen MR) is 72.3 cm³/mol. The van der Waals surface area contributed by atoms with Crippen LogP contribution < -0.4 is 4.72 Å². The SMILES string of the molecule is Cc1cnc(C(C)NS(=O)(=O)c2c[nH]c(CO)c2)s1. The zero-order chi connectivity index (χ0) is 14.0. The fourth-order valence-corrected chi connectivity index (χ4v) is 3.66. The predicted octanol–water partition coefficient (Wildman–Crippen LogP) is 1.31. The molecule has 0 fully saturated rings. The molecule has 0 aliphatic carbocycles. The summed E-state index contributed by atoms with van der Waals surface area (Å²) in [5.41, 5.74) is 0.457. The number of hydrogen-bond donors (Lipinski definition) is 3. The lowest BCUT2D eigenvalue weighted by Crippen LogP contribution is -2.26. The Balaban J connectivity index is 2.17. The van der Waals surface area contributed by atoms with Crippen LogP contribution in [0.3, 0.4) is 0 Å². The van der Waals surface area contributed by atoms with E-state index in [1.54, 1.807) is 13.1 Å². The molecule has 1 atom stereocenters. The van der Waals surface area contributed by atoms with Gasteiger partial charge in [-0.1, -0.05) is 0 Å². The van der Waals surface area contributed by atoms with Gasteiger partial charge in [0.05, 0.1) is 17.5 Å². The van der Waals surface area contributed by atoms with E-state index in [4.69, 9.17) is 5.11 Å². The second-order valence-corrected chi connectivity index (χ2v) is 7.15. The molecule has 0 spiro atoms. The van der Waals surface area contributed by atoms with Crippen LogP contribution in [0.15, 0.2) is 23.4 Å². The lowest BCUT2D eigenvalue weighted by Gasteiger charge is -2.10. The average molecular weight is 301 g/mol. The van der Waals surface area contributed by atoms with Gasteiger partial charge in [-0.15, -0.1) is 11.3 Å². The highest BCUT2D eigenvalue weighted by atomic mass is 32.2. The van der Waals surface area contributed by atoms with Gasteiger partial charge in [0.2, 0.25) is 10.0 Å². The van der Waals surface area contributed by atoms with E-state index in [0.717, 1.165) is 9.88 Å². The second kappa shape index (κ2) is 5.41. The molecule has 8 heteroatoms. The first kappa shape index (κ1) is 14.2. The zero-order valence-electron chi connectivity index (χ0n) is 10.5. The summed E-state index contributed by atoms with van der Waals surface area (Å²) in [5, 5.41) is 9.65. The van der Waals surface area contributed by atoms with E-state index in [1.807, 2.05) is 6.92 Å². The molecule has 0 aromatic carbocycles. The maximum atomic E-state index is 12.1. The monoisotopic (exact) mass is 301 g/mol. The molecule has 2 aromatic heterocycles. The molecule has 0 radical (unpaired) electrons. The summed E-state index contributed by atoms with van der Waals surface area (Å²) in [7, 11) is -3.61. The minimum atomic E-state index is -3.61. The molecular weight excluding hydrogens is 286 g/mol. The Morgan fingerprint density at radius 1 is 1.58 bits per heavy atom. The van der Waals surface area contributed by atoms with Gasteiger partial charge in [-0.3, -0.25) is 0 Å². The number of aryl methyl sites for hydroxylation is 1. The number of aliphatic hydroxyl groups excluding tert-OH is 1. The van der Waals surface area contributed by atoms with Crippen molar-refractivity contribution in [2.45, 2.75) is 31.4 Å². The third-order valence-electron chi connectivity index (χ3n) is 2.54. The van der Waals surface area contributed by atoms with Crippen molar-refractivity contribution in [3.63, 3.8) is 0 Å². The summed E-state index contributed by atoms with van der Waals surface area (Å²) in [6.45, 7) is 3.44. The van der Waals surface area contributed by atoms with E-state index in [0.29, 0.717) is 5.69 Å². The largest absolute Gasteiger partial charge is 0.390 e. The van der Waals surface area contributed by atoms with Crippen LogP contribution in [0.2, 0.25) is 0 Å². The molecule has 3 N–H and O–H groups in total. The number of rotatable bonds is 5. The molecule has 2 rings (SSSR count). The maximum Gasteiger partial charge on any atom is 0.242 e. The van der Waals surface area contributed by atoms with E-state index in [-0.39, 0.29) is 11.5 Å². The first-order valence-corrected chi connectivity index (χ1v) is 7.95. The van der Waals surface area contributed by atoms with Crippen LogP contribution in [0.1, 0.15) is 28.5 Å². The Labute approximate surface area is 115 Å². The average Bonchev–Trinajstić information content (AvgIpc) is 2.96. The standard InChI is InChI=1S/C11H15N3O3S2/c1-7-4-13-11(18-7)8(2)14-19(16,17)10-3-9(6-15)12-5-10/h3-5,8,12,14-15H,6H2,1-2H3. The van der Waals surface area contributed by atoms with Gasteiger partial charge >= 0.3 is 0 Å². The van der Waals surface area contributed by atoms with E-state index in [9.17, 15) is 8.42 Å². The molecule has 0 amide bonds. The minimum absolute atomic E-state index is 0.108. The van der Waals surface area contributed by atoms with Crippen molar-refractivity contribution in [2.75, 3.05) is 0 Å². The van der Waals surface area contributed by atoms with Crippen LogP contribution in [-0.2, 0) is 16.6 Å². The van der Waals surface area contributed by atoms with Gasteiger partial charge < -0.3 is 10.1 Å². The summed E-state index contributed by atoms with van der Waals surface area (Å²) < 4.78 is 26.8. The Morgan fingerprint density at radius 3 is 2.84 bits per heavy atom. The van der Waals surface area contributed by atoms with Gasteiger partial charge in [0.15, 0.2) is 0 Å². The highest BCUT2D eigenvalue weighted by molar-refractivity contribution is 7.89. The third-order valence-corrected chi connectivity index (χ3v) is 5.15. The van der Waals surface area contributed by atoms with E-state index in [1.165, 1.54) is 23.6 Å². The van der Waals surface area contributed by atoms with E-state index >= 15 is 0 Å². The quantitative estimate of drug-likeness (QED) is 0.776.